The number of rotatable bonds is 3. The maximum atomic E-state index is 12.5. The predicted octanol–water partition coefficient (Wildman–Crippen LogP) is 0.841. The molecule has 1 unspecified atom stereocenters. The van der Waals surface area contributed by atoms with E-state index < -0.39 is 0 Å². The van der Waals surface area contributed by atoms with Crippen molar-refractivity contribution in [1.82, 2.24) is 4.90 Å². The van der Waals surface area contributed by atoms with E-state index in [0.29, 0.717) is 11.5 Å². The lowest BCUT2D eigenvalue weighted by Gasteiger charge is -2.17. The smallest absolute Gasteiger partial charge is 0.255 e. The van der Waals surface area contributed by atoms with Crippen LogP contribution in [0.3, 0.4) is 0 Å². The summed E-state index contributed by atoms with van der Waals surface area (Å²) in [6.07, 6.45) is 1.72. The number of carbonyl (C=O) groups excluding carboxylic acids is 1. The standard InChI is InChI=1S/C16H20N2O2/c17-9-3-5-14-4-1-2-6-15(14)16(20)18-10-7-13(12-18)8-11-19/h1-2,4,6,13,19H,7-12,17H2. The first-order valence-electron chi connectivity index (χ1n) is 6.94. The van der Waals surface area contributed by atoms with Crippen LogP contribution < -0.4 is 5.73 Å². The molecule has 0 aromatic heterocycles. The number of aliphatic hydroxyl groups is 1. The number of likely N-dealkylation sites (tertiary alicyclic amines) is 1. The third kappa shape index (κ3) is 3.38. The van der Waals surface area contributed by atoms with E-state index >= 15 is 0 Å². The molecule has 20 heavy (non-hydrogen) atoms. The Morgan fingerprint density at radius 3 is 3.00 bits per heavy atom. The Hall–Kier alpha value is -1.83. The number of benzene rings is 1. The molecule has 106 valence electrons. The summed E-state index contributed by atoms with van der Waals surface area (Å²) in [5, 5.41) is 8.98. The van der Waals surface area contributed by atoms with E-state index in [1.165, 1.54) is 0 Å². The summed E-state index contributed by atoms with van der Waals surface area (Å²) >= 11 is 0. The lowest BCUT2D eigenvalue weighted by Crippen LogP contribution is -2.29. The van der Waals surface area contributed by atoms with Crippen molar-refractivity contribution in [3.63, 3.8) is 0 Å². The van der Waals surface area contributed by atoms with Crippen molar-refractivity contribution in [3.05, 3.63) is 35.4 Å². The minimum atomic E-state index is 0.0207. The van der Waals surface area contributed by atoms with E-state index in [0.717, 1.165) is 31.5 Å². The molecule has 1 fully saturated rings. The second-order valence-electron chi connectivity index (χ2n) is 4.97. The Morgan fingerprint density at radius 2 is 2.25 bits per heavy atom. The van der Waals surface area contributed by atoms with Crippen LogP contribution in [0.5, 0.6) is 0 Å². The number of hydrogen-bond donors (Lipinski definition) is 2. The Morgan fingerprint density at radius 1 is 1.45 bits per heavy atom. The van der Waals surface area contributed by atoms with Crippen molar-refractivity contribution in [2.75, 3.05) is 26.2 Å². The summed E-state index contributed by atoms with van der Waals surface area (Å²) in [5.74, 6) is 6.17. The van der Waals surface area contributed by atoms with Gasteiger partial charge in [-0.25, -0.2) is 0 Å². The molecule has 1 aliphatic rings. The van der Waals surface area contributed by atoms with Crippen LogP contribution in [-0.4, -0.2) is 42.2 Å². The molecular weight excluding hydrogens is 252 g/mol. The van der Waals surface area contributed by atoms with Crippen LogP contribution in [0.15, 0.2) is 24.3 Å². The minimum Gasteiger partial charge on any atom is -0.396 e. The lowest BCUT2D eigenvalue weighted by atomic mass is 10.1. The molecule has 1 aliphatic heterocycles. The number of nitrogens with zero attached hydrogens (tertiary/aromatic N) is 1. The Labute approximate surface area is 119 Å². The third-order valence-corrected chi connectivity index (χ3v) is 3.59. The largest absolute Gasteiger partial charge is 0.396 e. The summed E-state index contributed by atoms with van der Waals surface area (Å²) in [4.78, 5) is 14.4. The SMILES string of the molecule is NCC#Cc1ccccc1C(=O)N1CCC(CCO)C1. The first kappa shape index (κ1) is 14.6. The maximum Gasteiger partial charge on any atom is 0.255 e. The van der Waals surface area contributed by atoms with Crippen LogP contribution in [0.25, 0.3) is 0 Å². The van der Waals surface area contributed by atoms with Gasteiger partial charge in [0.15, 0.2) is 0 Å². The van der Waals surface area contributed by atoms with Gasteiger partial charge < -0.3 is 15.7 Å². The summed E-state index contributed by atoms with van der Waals surface area (Å²) in [6, 6.07) is 7.37. The van der Waals surface area contributed by atoms with Crippen molar-refractivity contribution in [2.45, 2.75) is 12.8 Å². The van der Waals surface area contributed by atoms with E-state index in [4.69, 9.17) is 10.8 Å². The summed E-state index contributed by atoms with van der Waals surface area (Å²) in [6.45, 7) is 1.94. The number of amides is 1. The molecule has 1 aromatic rings. The molecule has 3 N–H and O–H groups in total. The highest BCUT2D eigenvalue weighted by molar-refractivity contribution is 5.96. The first-order valence-corrected chi connectivity index (χ1v) is 6.94. The number of hydrogen-bond acceptors (Lipinski definition) is 3. The highest BCUT2D eigenvalue weighted by Crippen LogP contribution is 2.22. The van der Waals surface area contributed by atoms with Crippen LogP contribution in [0.1, 0.15) is 28.8 Å². The summed E-state index contributed by atoms with van der Waals surface area (Å²) < 4.78 is 0. The van der Waals surface area contributed by atoms with Crippen molar-refractivity contribution in [3.8, 4) is 11.8 Å². The van der Waals surface area contributed by atoms with E-state index in [1.807, 2.05) is 29.2 Å². The van der Waals surface area contributed by atoms with Gasteiger partial charge in [-0.3, -0.25) is 4.79 Å². The van der Waals surface area contributed by atoms with E-state index in [1.54, 1.807) is 0 Å². The molecule has 1 heterocycles. The molecule has 2 rings (SSSR count). The van der Waals surface area contributed by atoms with Gasteiger partial charge in [0.2, 0.25) is 0 Å². The fourth-order valence-electron chi connectivity index (χ4n) is 2.53. The van der Waals surface area contributed by atoms with Gasteiger partial charge >= 0.3 is 0 Å². The monoisotopic (exact) mass is 272 g/mol. The second kappa shape index (κ2) is 7.09. The lowest BCUT2D eigenvalue weighted by molar-refractivity contribution is 0.0784. The Balaban J connectivity index is 2.14. The topological polar surface area (TPSA) is 66.6 Å². The van der Waals surface area contributed by atoms with Crippen molar-refractivity contribution >= 4 is 5.91 Å². The molecule has 4 heteroatoms. The number of aliphatic hydroxyl groups excluding tert-OH is 1. The number of nitrogens with two attached hydrogens (primary N) is 1. The highest BCUT2D eigenvalue weighted by atomic mass is 16.3. The second-order valence-corrected chi connectivity index (χ2v) is 4.97. The van der Waals surface area contributed by atoms with Crippen molar-refractivity contribution < 1.29 is 9.90 Å². The van der Waals surface area contributed by atoms with Gasteiger partial charge in [-0.2, -0.15) is 0 Å². The molecule has 0 saturated carbocycles. The van der Waals surface area contributed by atoms with Crippen molar-refractivity contribution in [2.24, 2.45) is 11.7 Å². The molecule has 1 amide bonds. The van der Waals surface area contributed by atoms with Gasteiger partial charge in [0.1, 0.15) is 0 Å². The average molecular weight is 272 g/mol. The van der Waals surface area contributed by atoms with E-state index in [2.05, 4.69) is 11.8 Å². The van der Waals surface area contributed by atoms with Gasteiger partial charge in [-0.1, -0.05) is 24.0 Å². The van der Waals surface area contributed by atoms with Gasteiger partial charge in [0.25, 0.3) is 5.91 Å². The van der Waals surface area contributed by atoms with Crippen LogP contribution in [0.4, 0.5) is 0 Å². The fourth-order valence-corrected chi connectivity index (χ4v) is 2.53. The zero-order valence-electron chi connectivity index (χ0n) is 11.5. The molecule has 0 bridgehead atoms. The predicted molar refractivity (Wildman–Crippen MR) is 78.1 cm³/mol. The summed E-state index contributed by atoms with van der Waals surface area (Å²) in [7, 11) is 0. The fraction of sp³-hybridized carbons (Fsp3) is 0.438. The van der Waals surface area contributed by atoms with Gasteiger partial charge in [0, 0.05) is 25.3 Å². The maximum absolute atomic E-state index is 12.5. The molecule has 1 atom stereocenters. The van der Waals surface area contributed by atoms with Gasteiger partial charge in [-0.05, 0) is 30.9 Å². The van der Waals surface area contributed by atoms with Crippen LogP contribution in [0, 0.1) is 17.8 Å². The molecular formula is C16H20N2O2. The zero-order valence-corrected chi connectivity index (χ0v) is 11.5. The first-order chi connectivity index (χ1) is 9.76. The Bertz CT molecular complexity index is 531. The van der Waals surface area contributed by atoms with E-state index in [-0.39, 0.29) is 19.1 Å². The number of carbonyl (C=O) groups is 1. The van der Waals surface area contributed by atoms with E-state index in [9.17, 15) is 4.79 Å². The zero-order chi connectivity index (χ0) is 14.4. The molecule has 1 aromatic carbocycles. The minimum absolute atomic E-state index is 0.0207. The third-order valence-electron chi connectivity index (χ3n) is 3.59. The molecule has 0 radical (unpaired) electrons. The Kier molecular flexibility index (Phi) is 5.16. The van der Waals surface area contributed by atoms with Gasteiger partial charge in [-0.15, -0.1) is 0 Å². The quantitative estimate of drug-likeness (QED) is 0.801. The highest BCUT2D eigenvalue weighted by Gasteiger charge is 2.27. The van der Waals surface area contributed by atoms with Crippen LogP contribution in [-0.2, 0) is 0 Å². The van der Waals surface area contributed by atoms with Crippen LogP contribution >= 0.6 is 0 Å². The average Bonchev–Trinajstić information content (AvgIpc) is 2.94. The molecule has 4 nitrogen and oxygen atoms in total. The molecule has 0 aliphatic carbocycles. The van der Waals surface area contributed by atoms with Gasteiger partial charge in [0.05, 0.1) is 12.1 Å². The van der Waals surface area contributed by atoms with Crippen LogP contribution in [0.2, 0.25) is 0 Å². The van der Waals surface area contributed by atoms with Crippen molar-refractivity contribution in [1.29, 1.82) is 0 Å². The molecule has 0 spiro atoms. The molecule has 1 saturated heterocycles. The normalized spacial score (nSPS) is 17.7. The summed E-state index contributed by atoms with van der Waals surface area (Å²) in [5.41, 5.74) is 6.75.